The van der Waals surface area contributed by atoms with E-state index in [1.807, 2.05) is 19.1 Å². The Morgan fingerprint density at radius 3 is 3.10 bits per heavy atom. The molecule has 0 aliphatic rings. The Hall–Kier alpha value is -2.15. The number of nitrogens with two attached hydrogens (primary N) is 1. The van der Waals surface area contributed by atoms with Crippen LogP contribution in [0.15, 0.2) is 24.3 Å². The van der Waals surface area contributed by atoms with Crippen molar-refractivity contribution >= 4 is 23.1 Å². The van der Waals surface area contributed by atoms with Gasteiger partial charge in [0.2, 0.25) is 0 Å². The molecule has 0 aliphatic carbocycles. The lowest BCUT2D eigenvalue weighted by molar-refractivity contribution is 0.0950. The number of carbonyl (C=O) groups is 1. The molecule has 0 aliphatic heterocycles. The van der Waals surface area contributed by atoms with Crippen LogP contribution in [-0.2, 0) is 6.42 Å². The van der Waals surface area contributed by atoms with E-state index in [-0.39, 0.29) is 5.91 Å². The fourth-order valence-electron chi connectivity index (χ4n) is 1.63. The summed E-state index contributed by atoms with van der Waals surface area (Å²) in [4.78, 5) is 12.5. The fourth-order valence-corrected chi connectivity index (χ4v) is 2.30. The first-order chi connectivity index (χ1) is 9.70. The number of benzene rings is 1. The van der Waals surface area contributed by atoms with E-state index >= 15 is 0 Å². The van der Waals surface area contributed by atoms with Gasteiger partial charge in [-0.25, -0.2) is 0 Å². The third-order valence-corrected chi connectivity index (χ3v) is 3.38. The number of carbonyl (C=O) groups excluding carboxylic acids is 1. The predicted molar refractivity (Wildman–Crippen MR) is 78.0 cm³/mol. The molecule has 0 fully saturated rings. The molecule has 106 valence electrons. The molecule has 6 nitrogen and oxygen atoms in total. The quantitative estimate of drug-likeness (QED) is 0.622. The number of nitrogens with zero attached hydrogens (tertiary/aromatic N) is 2. The highest BCUT2D eigenvalue weighted by molar-refractivity contribution is 7.08. The van der Waals surface area contributed by atoms with Crippen molar-refractivity contribution in [3.05, 3.63) is 34.8 Å². The number of amides is 1. The lowest BCUT2D eigenvalue weighted by atomic mass is 10.3. The van der Waals surface area contributed by atoms with E-state index in [9.17, 15) is 4.79 Å². The van der Waals surface area contributed by atoms with E-state index < -0.39 is 0 Å². The largest absolute Gasteiger partial charge is 0.492 e. The molecule has 1 heterocycles. The van der Waals surface area contributed by atoms with Crippen molar-refractivity contribution < 1.29 is 9.53 Å². The molecular formula is C13H16N4O2S. The Balaban J connectivity index is 1.77. The highest BCUT2D eigenvalue weighted by atomic mass is 32.1. The number of nitrogens with one attached hydrogen (secondary N) is 1. The Morgan fingerprint density at radius 2 is 2.35 bits per heavy atom. The predicted octanol–water partition coefficient (Wildman–Crippen LogP) is 1.49. The van der Waals surface area contributed by atoms with Crippen molar-refractivity contribution in [3.63, 3.8) is 0 Å². The highest BCUT2D eigenvalue weighted by Gasteiger charge is 2.14. The summed E-state index contributed by atoms with van der Waals surface area (Å²) < 4.78 is 9.27. The number of rotatable bonds is 6. The normalized spacial score (nSPS) is 10.2. The van der Waals surface area contributed by atoms with Crippen molar-refractivity contribution in [2.24, 2.45) is 0 Å². The second kappa shape index (κ2) is 6.85. The molecule has 1 amide bonds. The molecule has 0 saturated heterocycles. The molecule has 3 N–H and O–H groups in total. The van der Waals surface area contributed by atoms with Crippen LogP contribution in [0.5, 0.6) is 5.75 Å². The van der Waals surface area contributed by atoms with Crippen LogP contribution < -0.4 is 15.8 Å². The SMILES string of the molecule is CCc1nnsc1C(=O)NCCOc1cccc(N)c1. The topological polar surface area (TPSA) is 90.1 Å². The average molecular weight is 292 g/mol. The van der Waals surface area contributed by atoms with Gasteiger partial charge < -0.3 is 15.8 Å². The minimum Gasteiger partial charge on any atom is -0.492 e. The van der Waals surface area contributed by atoms with Gasteiger partial charge in [-0.1, -0.05) is 17.5 Å². The van der Waals surface area contributed by atoms with E-state index in [0.717, 1.165) is 17.2 Å². The van der Waals surface area contributed by atoms with E-state index in [4.69, 9.17) is 10.5 Å². The van der Waals surface area contributed by atoms with Gasteiger partial charge in [-0.05, 0) is 30.1 Å². The maximum atomic E-state index is 11.9. The van der Waals surface area contributed by atoms with Gasteiger partial charge in [0, 0.05) is 11.8 Å². The summed E-state index contributed by atoms with van der Waals surface area (Å²) in [6.45, 7) is 2.73. The van der Waals surface area contributed by atoms with Crippen molar-refractivity contribution in [1.29, 1.82) is 0 Å². The van der Waals surface area contributed by atoms with Crippen molar-refractivity contribution in [2.75, 3.05) is 18.9 Å². The van der Waals surface area contributed by atoms with Gasteiger partial charge in [-0.2, -0.15) is 0 Å². The molecule has 2 rings (SSSR count). The van der Waals surface area contributed by atoms with Gasteiger partial charge in [-0.15, -0.1) is 5.10 Å². The Bertz CT molecular complexity index is 585. The van der Waals surface area contributed by atoms with E-state index in [0.29, 0.717) is 35.9 Å². The summed E-state index contributed by atoms with van der Waals surface area (Å²) >= 11 is 1.11. The van der Waals surface area contributed by atoms with Gasteiger partial charge in [0.15, 0.2) is 0 Å². The smallest absolute Gasteiger partial charge is 0.265 e. The maximum absolute atomic E-state index is 11.9. The first kappa shape index (κ1) is 14.3. The van der Waals surface area contributed by atoms with Gasteiger partial charge in [0.25, 0.3) is 5.91 Å². The molecular weight excluding hydrogens is 276 g/mol. The van der Waals surface area contributed by atoms with E-state index in [1.54, 1.807) is 12.1 Å². The molecule has 1 aromatic carbocycles. The number of hydrogen-bond acceptors (Lipinski definition) is 6. The Kier molecular flexibility index (Phi) is 4.89. The lowest BCUT2D eigenvalue weighted by Crippen LogP contribution is -2.28. The van der Waals surface area contributed by atoms with Gasteiger partial charge >= 0.3 is 0 Å². The minimum atomic E-state index is -0.159. The molecule has 7 heteroatoms. The van der Waals surface area contributed by atoms with Crippen molar-refractivity contribution in [2.45, 2.75) is 13.3 Å². The van der Waals surface area contributed by atoms with Gasteiger partial charge in [0.05, 0.1) is 12.2 Å². The Morgan fingerprint density at radius 1 is 1.50 bits per heavy atom. The molecule has 0 bridgehead atoms. The van der Waals surface area contributed by atoms with Crippen LogP contribution >= 0.6 is 11.5 Å². The van der Waals surface area contributed by atoms with Crippen LogP contribution in [0.4, 0.5) is 5.69 Å². The van der Waals surface area contributed by atoms with Crippen LogP contribution in [0.3, 0.4) is 0 Å². The second-order valence-electron chi connectivity index (χ2n) is 4.08. The standard InChI is InChI=1S/C13H16N4O2S/c1-2-11-12(20-17-16-11)13(18)15-6-7-19-10-5-3-4-9(14)8-10/h3-5,8H,2,6-7,14H2,1H3,(H,15,18). The zero-order valence-corrected chi connectivity index (χ0v) is 11.9. The maximum Gasteiger partial charge on any atom is 0.265 e. The molecule has 0 atom stereocenters. The number of hydrogen-bond donors (Lipinski definition) is 2. The number of anilines is 1. The van der Waals surface area contributed by atoms with Gasteiger partial charge in [0.1, 0.15) is 17.2 Å². The first-order valence-electron chi connectivity index (χ1n) is 6.28. The summed E-state index contributed by atoms with van der Waals surface area (Å²) in [6, 6.07) is 7.17. The number of nitrogen functional groups attached to an aromatic ring is 1. The lowest BCUT2D eigenvalue weighted by Gasteiger charge is -2.07. The fraction of sp³-hybridized carbons (Fsp3) is 0.308. The second-order valence-corrected chi connectivity index (χ2v) is 4.83. The average Bonchev–Trinajstić information content (AvgIpc) is 2.92. The van der Waals surface area contributed by atoms with Crippen LogP contribution in [0, 0.1) is 0 Å². The molecule has 20 heavy (non-hydrogen) atoms. The Labute approximate surface area is 121 Å². The molecule has 0 radical (unpaired) electrons. The third-order valence-electron chi connectivity index (χ3n) is 2.61. The van der Waals surface area contributed by atoms with E-state index in [2.05, 4.69) is 14.9 Å². The molecule has 1 aromatic heterocycles. The van der Waals surface area contributed by atoms with Crippen molar-refractivity contribution in [1.82, 2.24) is 14.9 Å². The summed E-state index contributed by atoms with van der Waals surface area (Å²) in [5, 5.41) is 6.68. The summed E-state index contributed by atoms with van der Waals surface area (Å²) in [5.74, 6) is 0.529. The number of ether oxygens (including phenoxy) is 1. The molecule has 0 unspecified atom stereocenters. The molecule has 0 spiro atoms. The van der Waals surface area contributed by atoms with Crippen LogP contribution in [-0.4, -0.2) is 28.6 Å². The zero-order chi connectivity index (χ0) is 14.4. The van der Waals surface area contributed by atoms with Crippen molar-refractivity contribution in [3.8, 4) is 5.75 Å². The highest BCUT2D eigenvalue weighted by Crippen LogP contribution is 2.14. The summed E-state index contributed by atoms with van der Waals surface area (Å²) in [5.41, 5.74) is 7.02. The first-order valence-corrected chi connectivity index (χ1v) is 7.05. The summed E-state index contributed by atoms with van der Waals surface area (Å²) in [7, 11) is 0. The van der Waals surface area contributed by atoms with Gasteiger partial charge in [-0.3, -0.25) is 4.79 Å². The van der Waals surface area contributed by atoms with Crippen LogP contribution in [0.1, 0.15) is 22.3 Å². The van der Waals surface area contributed by atoms with Crippen LogP contribution in [0.2, 0.25) is 0 Å². The van der Waals surface area contributed by atoms with E-state index in [1.165, 1.54) is 0 Å². The van der Waals surface area contributed by atoms with Crippen LogP contribution in [0.25, 0.3) is 0 Å². The number of aryl methyl sites for hydroxylation is 1. The minimum absolute atomic E-state index is 0.159. The summed E-state index contributed by atoms with van der Waals surface area (Å²) in [6.07, 6.45) is 0.693. The molecule has 0 saturated carbocycles. The third kappa shape index (κ3) is 3.67. The monoisotopic (exact) mass is 292 g/mol. The molecule has 2 aromatic rings. The number of aromatic nitrogens is 2. The zero-order valence-electron chi connectivity index (χ0n) is 11.1.